The summed E-state index contributed by atoms with van der Waals surface area (Å²) in [7, 11) is 4.61. The molecule has 0 aliphatic heterocycles. The van der Waals surface area contributed by atoms with Gasteiger partial charge in [-0.2, -0.15) is 13.2 Å². The lowest BCUT2D eigenvalue weighted by Crippen LogP contribution is -2.19. The summed E-state index contributed by atoms with van der Waals surface area (Å²) < 4.78 is 54.5. The van der Waals surface area contributed by atoms with E-state index < -0.39 is 11.7 Å². The van der Waals surface area contributed by atoms with Gasteiger partial charge in [-0.15, -0.1) is 0 Å². The Balaban J connectivity index is 2.18. The molecule has 4 nitrogen and oxygen atoms in total. The van der Waals surface area contributed by atoms with Gasteiger partial charge in [0.1, 0.15) is 5.75 Å². The summed E-state index contributed by atoms with van der Waals surface area (Å²) in [4.78, 5) is 0. The van der Waals surface area contributed by atoms with Crippen molar-refractivity contribution in [1.29, 1.82) is 0 Å². The first-order valence-corrected chi connectivity index (χ1v) is 7.99. The summed E-state index contributed by atoms with van der Waals surface area (Å²) in [6, 6.07) is 8.51. The third kappa shape index (κ3) is 4.60. The summed E-state index contributed by atoms with van der Waals surface area (Å²) in [6.45, 7) is 2.20. The summed E-state index contributed by atoms with van der Waals surface area (Å²) in [5.74, 6) is 1.70. The molecular weight excluding hydrogens is 347 g/mol. The number of hydrogen-bond donors (Lipinski definition) is 1. The zero-order valence-electron chi connectivity index (χ0n) is 15.1. The maximum absolute atomic E-state index is 12.9. The molecule has 0 amide bonds. The molecule has 0 heterocycles. The third-order valence-electron chi connectivity index (χ3n) is 4.10. The van der Waals surface area contributed by atoms with Gasteiger partial charge in [0.05, 0.1) is 26.9 Å². The van der Waals surface area contributed by atoms with Crippen LogP contribution in [0.15, 0.2) is 36.4 Å². The van der Waals surface area contributed by atoms with E-state index in [1.165, 1.54) is 20.3 Å². The van der Waals surface area contributed by atoms with Gasteiger partial charge in [0, 0.05) is 24.2 Å². The molecule has 0 aliphatic carbocycles. The molecule has 0 saturated heterocycles. The van der Waals surface area contributed by atoms with Crippen LogP contribution in [0.3, 0.4) is 0 Å². The van der Waals surface area contributed by atoms with Gasteiger partial charge in [-0.3, -0.25) is 0 Å². The van der Waals surface area contributed by atoms with Gasteiger partial charge in [-0.25, -0.2) is 0 Å². The molecule has 0 bridgehead atoms. The molecule has 2 aromatic carbocycles. The van der Waals surface area contributed by atoms with Crippen LogP contribution in [0.1, 0.15) is 29.7 Å². The number of nitrogens with one attached hydrogen (secondary N) is 1. The van der Waals surface area contributed by atoms with E-state index in [2.05, 4.69) is 5.32 Å². The maximum atomic E-state index is 12.9. The molecule has 1 atom stereocenters. The van der Waals surface area contributed by atoms with Gasteiger partial charge in [-0.05, 0) is 30.7 Å². The normalized spacial score (nSPS) is 12.6. The van der Waals surface area contributed by atoms with Crippen LogP contribution in [0, 0.1) is 0 Å². The monoisotopic (exact) mass is 369 g/mol. The van der Waals surface area contributed by atoms with Gasteiger partial charge >= 0.3 is 6.18 Å². The van der Waals surface area contributed by atoms with Gasteiger partial charge in [0.2, 0.25) is 0 Å². The summed E-state index contributed by atoms with van der Waals surface area (Å²) >= 11 is 0. The predicted molar refractivity (Wildman–Crippen MR) is 92.8 cm³/mol. The molecule has 0 aromatic heterocycles. The molecule has 142 valence electrons. The topological polar surface area (TPSA) is 39.7 Å². The Morgan fingerprint density at radius 2 is 1.54 bits per heavy atom. The van der Waals surface area contributed by atoms with Crippen molar-refractivity contribution < 1.29 is 27.4 Å². The second-order valence-corrected chi connectivity index (χ2v) is 5.74. The first kappa shape index (κ1) is 19.9. The Morgan fingerprint density at radius 1 is 0.923 bits per heavy atom. The number of halogens is 3. The lowest BCUT2D eigenvalue weighted by Gasteiger charge is -2.18. The summed E-state index contributed by atoms with van der Waals surface area (Å²) in [5.41, 5.74) is 0.704. The zero-order valence-corrected chi connectivity index (χ0v) is 15.1. The molecule has 7 heteroatoms. The van der Waals surface area contributed by atoms with Crippen molar-refractivity contribution in [2.75, 3.05) is 21.3 Å². The van der Waals surface area contributed by atoms with Crippen molar-refractivity contribution in [2.24, 2.45) is 0 Å². The number of rotatable bonds is 7. The van der Waals surface area contributed by atoms with Crippen molar-refractivity contribution >= 4 is 0 Å². The number of alkyl halides is 3. The molecule has 1 N–H and O–H groups in total. The number of hydrogen-bond acceptors (Lipinski definition) is 4. The van der Waals surface area contributed by atoms with Crippen LogP contribution < -0.4 is 19.5 Å². The van der Waals surface area contributed by atoms with Crippen LogP contribution >= 0.6 is 0 Å². The third-order valence-corrected chi connectivity index (χ3v) is 4.10. The Labute approximate surface area is 150 Å². The van der Waals surface area contributed by atoms with E-state index in [0.29, 0.717) is 29.4 Å². The van der Waals surface area contributed by atoms with E-state index in [9.17, 15) is 13.2 Å². The Morgan fingerprint density at radius 3 is 2.12 bits per heavy atom. The highest BCUT2D eigenvalue weighted by atomic mass is 19.4. The van der Waals surface area contributed by atoms with Crippen LogP contribution in [0.25, 0.3) is 0 Å². The molecule has 0 fully saturated rings. The van der Waals surface area contributed by atoms with Crippen LogP contribution in [0.4, 0.5) is 13.2 Å². The van der Waals surface area contributed by atoms with Crippen LogP contribution in [0.5, 0.6) is 17.2 Å². The molecular formula is C19H22F3NO3. The van der Waals surface area contributed by atoms with Crippen molar-refractivity contribution in [3.63, 3.8) is 0 Å². The van der Waals surface area contributed by atoms with Gasteiger partial charge in [-0.1, -0.05) is 12.1 Å². The van der Waals surface area contributed by atoms with Gasteiger partial charge in [0.25, 0.3) is 0 Å². The standard InChI is InChI=1S/C19H22F3NO3/c1-12(13-6-5-7-15(8-13)19(20,21)22)23-11-14-9-17(25-3)18(26-4)10-16(14)24-2/h5-10,12,23H,11H2,1-4H3. The quantitative estimate of drug-likeness (QED) is 0.775. The van der Waals surface area contributed by atoms with Crippen molar-refractivity contribution in [3.05, 3.63) is 53.1 Å². The van der Waals surface area contributed by atoms with E-state index in [4.69, 9.17) is 14.2 Å². The van der Waals surface area contributed by atoms with Crippen LogP contribution in [0.2, 0.25) is 0 Å². The minimum Gasteiger partial charge on any atom is -0.496 e. The molecule has 0 spiro atoms. The van der Waals surface area contributed by atoms with E-state index in [1.54, 1.807) is 25.3 Å². The van der Waals surface area contributed by atoms with E-state index in [1.807, 2.05) is 6.92 Å². The van der Waals surface area contributed by atoms with Crippen LogP contribution in [-0.4, -0.2) is 21.3 Å². The fraction of sp³-hybridized carbons (Fsp3) is 0.368. The summed E-state index contributed by atoms with van der Waals surface area (Å²) in [5, 5.41) is 3.21. The molecule has 0 aliphatic rings. The number of ether oxygens (including phenoxy) is 3. The van der Waals surface area contributed by atoms with E-state index in [-0.39, 0.29) is 6.04 Å². The molecule has 0 saturated carbocycles. The lowest BCUT2D eigenvalue weighted by atomic mass is 10.0. The lowest BCUT2D eigenvalue weighted by molar-refractivity contribution is -0.137. The smallest absolute Gasteiger partial charge is 0.416 e. The average molecular weight is 369 g/mol. The highest BCUT2D eigenvalue weighted by Gasteiger charge is 2.30. The average Bonchev–Trinajstić information content (AvgIpc) is 2.64. The predicted octanol–water partition coefficient (Wildman–Crippen LogP) is 4.58. The maximum Gasteiger partial charge on any atom is 0.416 e. The number of methoxy groups -OCH3 is 3. The SMILES string of the molecule is COc1cc(OC)c(OC)cc1CNC(C)c1cccc(C(F)(F)F)c1. The zero-order chi connectivity index (χ0) is 19.3. The first-order chi connectivity index (χ1) is 12.3. The van der Waals surface area contributed by atoms with Gasteiger partial charge in [0.15, 0.2) is 11.5 Å². The minimum atomic E-state index is -4.36. The molecule has 1 unspecified atom stereocenters. The number of benzene rings is 2. The second kappa shape index (κ2) is 8.31. The molecule has 2 aromatic rings. The summed E-state index contributed by atoms with van der Waals surface area (Å²) in [6.07, 6.45) is -4.36. The highest BCUT2D eigenvalue weighted by molar-refractivity contribution is 5.50. The van der Waals surface area contributed by atoms with Crippen molar-refractivity contribution in [3.8, 4) is 17.2 Å². The fourth-order valence-electron chi connectivity index (χ4n) is 2.60. The van der Waals surface area contributed by atoms with Crippen LogP contribution in [-0.2, 0) is 12.7 Å². The van der Waals surface area contributed by atoms with Gasteiger partial charge < -0.3 is 19.5 Å². The van der Waals surface area contributed by atoms with E-state index in [0.717, 1.165) is 17.7 Å². The molecule has 2 rings (SSSR count). The Hall–Kier alpha value is -2.41. The fourth-order valence-corrected chi connectivity index (χ4v) is 2.60. The van der Waals surface area contributed by atoms with Crippen molar-refractivity contribution in [2.45, 2.75) is 25.7 Å². The van der Waals surface area contributed by atoms with Crippen molar-refractivity contribution in [1.82, 2.24) is 5.32 Å². The minimum absolute atomic E-state index is 0.282. The molecule has 0 radical (unpaired) electrons. The molecule has 26 heavy (non-hydrogen) atoms. The van der Waals surface area contributed by atoms with E-state index >= 15 is 0 Å². The Kier molecular flexibility index (Phi) is 6.37. The second-order valence-electron chi connectivity index (χ2n) is 5.74. The largest absolute Gasteiger partial charge is 0.496 e. The Bertz CT molecular complexity index is 747. The highest BCUT2D eigenvalue weighted by Crippen LogP contribution is 2.35. The first-order valence-electron chi connectivity index (χ1n) is 7.99.